The van der Waals surface area contributed by atoms with E-state index in [0.717, 1.165) is 44.0 Å². The van der Waals surface area contributed by atoms with Crippen LogP contribution in [0.1, 0.15) is 56.6 Å². The molecule has 1 aliphatic rings. The number of nitrogen functional groups attached to an aromatic ring is 1. The Hall–Kier alpha value is -2.74. The van der Waals surface area contributed by atoms with Crippen molar-refractivity contribution in [3.05, 3.63) is 40.7 Å². The Kier molecular flexibility index (Phi) is 5.83. The van der Waals surface area contributed by atoms with Crippen molar-refractivity contribution in [2.24, 2.45) is 0 Å². The Morgan fingerprint density at radius 3 is 2.74 bits per heavy atom. The number of hydrogen-bond acceptors (Lipinski definition) is 6. The van der Waals surface area contributed by atoms with Crippen molar-refractivity contribution >= 4 is 17.0 Å². The maximum absolute atomic E-state index is 14.0. The number of rotatable bonds is 7. The molecule has 7 nitrogen and oxygen atoms in total. The molecule has 4 rings (SSSR count). The minimum Gasteiger partial charge on any atom is -0.493 e. The molecule has 0 radical (unpaired) electrons. The van der Waals surface area contributed by atoms with Crippen LogP contribution in [0, 0.1) is 6.08 Å². The van der Waals surface area contributed by atoms with Crippen molar-refractivity contribution in [1.82, 2.24) is 24.8 Å². The van der Waals surface area contributed by atoms with E-state index in [1.54, 1.807) is 0 Å². The van der Waals surface area contributed by atoms with E-state index in [-0.39, 0.29) is 11.4 Å². The number of imidazole rings is 1. The molecule has 3 aromatic rings. The number of anilines is 1. The number of halogens is 1. The van der Waals surface area contributed by atoms with Crippen molar-refractivity contribution < 1.29 is 9.13 Å². The summed E-state index contributed by atoms with van der Waals surface area (Å²) in [5.74, 6) is 1.84. The fourth-order valence-electron chi connectivity index (χ4n) is 4.09. The van der Waals surface area contributed by atoms with Crippen molar-refractivity contribution in [2.75, 3.05) is 18.9 Å². The van der Waals surface area contributed by atoms with E-state index < -0.39 is 6.08 Å². The molecule has 166 valence electrons. The van der Waals surface area contributed by atoms with E-state index in [4.69, 9.17) is 15.5 Å². The van der Waals surface area contributed by atoms with Gasteiger partial charge in [-0.2, -0.15) is 14.4 Å². The summed E-state index contributed by atoms with van der Waals surface area (Å²) in [6.07, 6.45) is 2.51. The average molecular weight is 427 g/mol. The van der Waals surface area contributed by atoms with Crippen LogP contribution in [0.4, 0.5) is 10.2 Å². The maximum atomic E-state index is 14.0. The molecule has 0 unspecified atom stereocenters. The third-order valence-corrected chi connectivity index (χ3v) is 5.63. The summed E-state index contributed by atoms with van der Waals surface area (Å²) in [5.41, 5.74) is 10.6. The van der Waals surface area contributed by atoms with Crippen LogP contribution >= 0.6 is 0 Å². The Morgan fingerprint density at radius 1 is 1.19 bits per heavy atom. The first-order valence-electron chi connectivity index (χ1n) is 11.0. The molecule has 1 aliphatic heterocycles. The molecule has 0 atom stereocenters. The first kappa shape index (κ1) is 21.5. The number of fused-ring (bicyclic) bond motifs is 2. The summed E-state index contributed by atoms with van der Waals surface area (Å²) < 4.78 is 21.7. The molecule has 3 N–H and O–H groups in total. The predicted octanol–water partition coefficient (Wildman–Crippen LogP) is 3.41. The van der Waals surface area contributed by atoms with Crippen LogP contribution in [-0.2, 0) is 25.8 Å². The van der Waals surface area contributed by atoms with E-state index >= 15 is 0 Å². The lowest BCUT2D eigenvalue weighted by Crippen LogP contribution is -2.36. The summed E-state index contributed by atoms with van der Waals surface area (Å²) in [4.78, 5) is 12.4. The molecule has 0 saturated heterocycles. The van der Waals surface area contributed by atoms with Crippen LogP contribution in [0.5, 0.6) is 5.75 Å². The zero-order valence-electron chi connectivity index (χ0n) is 18.8. The number of nitrogens with two attached hydrogens (primary N) is 1. The van der Waals surface area contributed by atoms with Crippen LogP contribution in [0.15, 0.2) is 12.1 Å². The van der Waals surface area contributed by atoms with Gasteiger partial charge in [-0.3, -0.25) is 0 Å². The van der Waals surface area contributed by atoms with E-state index in [1.165, 1.54) is 16.7 Å². The summed E-state index contributed by atoms with van der Waals surface area (Å²) in [6, 6.07) is 4.37. The highest BCUT2D eigenvalue weighted by atomic mass is 19.1. The Labute approximate surface area is 182 Å². The largest absolute Gasteiger partial charge is 0.493 e. The minimum absolute atomic E-state index is 0.0407. The minimum atomic E-state index is -0.828. The van der Waals surface area contributed by atoms with Gasteiger partial charge in [0.15, 0.2) is 17.0 Å². The number of nitrogens with one attached hydrogen (secondary N) is 1. The molecule has 0 bridgehead atoms. The highest BCUT2D eigenvalue weighted by Gasteiger charge is 2.20. The Balaban J connectivity index is 1.69. The maximum Gasteiger partial charge on any atom is 0.312 e. The highest BCUT2D eigenvalue weighted by molar-refractivity contribution is 5.82. The Bertz CT molecular complexity index is 1100. The number of ether oxygens (including phenoxy) is 1. The van der Waals surface area contributed by atoms with E-state index in [2.05, 4.69) is 55.1 Å². The molecule has 0 amide bonds. The summed E-state index contributed by atoms with van der Waals surface area (Å²) in [5, 5.41) is 3.49. The highest BCUT2D eigenvalue weighted by Crippen LogP contribution is 2.31. The number of aromatic nitrogens is 4. The second kappa shape index (κ2) is 8.42. The van der Waals surface area contributed by atoms with Gasteiger partial charge in [-0.05, 0) is 62.9 Å². The molecule has 8 heteroatoms. The molecular weight excluding hydrogens is 395 g/mol. The molecule has 0 aliphatic carbocycles. The van der Waals surface area contributed by atoms with Gasteiger partial charge in [-0.25, -0.2) is 4.98 Å². The fourth-order valence-corrected chi connectivity index (χ4v) is 4.09. The lowest BCUT2D eigenvalue weighted by molar-refractivity contribution is 0.356. The van der Waals surface area contributed by atoms with Crippen LogP contribution in [-0.4, -0.2) is 38.2 Å². The van der Waals surface area contributed by atoms with Crippen molar-refractivity contribution in [1.29, 1.82) is 0 Å². The summed E-state index contributed by atoms with van der Waals surface area (Å²) in [6.45, 7) is 10.8. The zero-order valence-corrected chi connectivity index (χ0v) is 18.8. The molecule has 2 aromatic heterocycles. The third-order valence-electron chi connectivity index (χ3n) is 5.63. The third kappa shape index (κ3) is 4.63. The van der Waals surface area contributed by atoms with Gasteiger partial charge in [0.1, 0.15) is 11.6 Å². The van der Waals surface area contributed by atoms with Crippen molar-refractivity contribution in [2.45, 2.75) is 65.5 Å². The molecular formula is C23H31FN6O. The summed E-state index contributed by atoms with van der Waals surface area (Å²) in [7, 11) is 0. The summed E-state index contributed by atoms with van der Waals surface area (Å²) >= 11 is 0. The van der Waals surface area contributed by atoms with E-state index in [1.807, 2.05) is 4.57 Å². The van der Waals surface area contributed by atoms with Gasteiger partial charge < -0.3 is 20.4 Å². The quantitative estimate of drug-likeness (QED) is 0.444. The van der Waals surface area contributed by atoms with Crippen molar-refractivity contribution in [3.8, 4) is 5.75 Å². The Morgan fingerprint density at radius 2 is 2.00 bits per heavy atom. The number of hydrogen-bond donors (Lipinski definition) is 2. The topological polar surface area (TPSA) is 90.9 Å². The molecule has 0 spiro atoms. The molecule has 0 saturated carbocycles. The second-order valence-corrected chi connectivity index (χ2v) is 9.12. The van der Waals surface area contributed by atoms with E-state index in [0.29, 0.717) is 24.1 Å². The molecule has 0 fully saturated rings. The zero-order chi connectivity index (χ0) is 22.2. The first-order chi connectivity index (χ1) is 14.7. The van der Waals surface area contributed by atoms with Gasteiger partial charge in [0, 0.05) is 24.9 Å². The molecule has 31 heavy (non-hydrogen) atoms. The monoisotopic (exact) mass is 426 g/mol. The van der Waals surface area contributed by atoms with Crippen LogP contribution < -0.4 is 15.8 Å². The van der Waals surface area contributed by atoms with Gasteiger partial charge in [0.2, 0.25) is 0 Å². The number of nitrogens with zero attached hydrogens (tertiary/aromatic N) is 4. The van der Waals surface area contributed by atoms with Gasteiger partial charge in [-0.1, -0.05) is 13.0 Å². The fraction of sp³-hybridized carbons (Fsp3) is 0.522. The smallest absolute Gasteiger partial charge is 0.312 e. The van der Waals surface area contributed by atoms with Crippen LogP contribution in [0.2, 0.25) is 0 Å². The van der Waals surface area contributed by atoms with Crippen LogP contribution in [0.25, 0.3) is 11.2 Å². The standard InChI is InChI=1S/C23H31FN6O/c1-5-14-11-15-7-10-31-17(15)12-16(14)13-18-27-19-20(25)28-22(24)29-21(19)30(18)9-6-8-26-23(2,3)4/h11-12,26H,5-10,13H2,1-4H3,(H2,25,28,29). The SMILES string of the molecule is CCc1cc2c(cc1Cc1nc3c(N)nc(F)nc3n1CCCNC(C)(C)C)OCC2. The predicted molar refractivity (Wildman–Crippen MR) is 120 cm³/mol. The van der Waals surface area contributed by atoms with Crippen molar-refractivity contribution in [3.63, 3.8) is 0 Å². The van der Waals surface area contributed by atoms with Gasteiger partial charge in [0.05, 0.1) is 6.61 Å². The molecule has 1 aromatic carbocycles. The van der Waals surface area contributed by atoms with E-state index in [9.17, 15) is 4.39 Å². The average Bonchev–Trinajstić information content (AvgIpc) is 3.28. The number of benzene rings is 1. The molecule has 3 heterocycles. The lowest BCUT2D eigenvalue weighted by atomic mass is 9.98. The lowest BCUT2D eigenvalue weighted by Gasteiger charge is -2.20. The van der Waals surface area contributed by atoms with Gasteiger partial charge in [-0.15, -0.1) is 0 Å². The van der Waals surface area contributed by atoms with Gasteiger partial charge in [0.25, 0.3) is 0 Å². The first-order valence-corrected chi connectivity index (χ1v) is 11.0. The van der Waals surface area contributed by atoms with Crippen LogP contribution in [0.3, 0.4) is 0 Å². The number of aryl methyl sites for hydroxylation is 2. The second-order valence-electron chi connectivity index (χ2n) is 9.12. The van der Waals surface area contributed by atoms with Gasteiger partial charge >= 0.3 is 6.08 Å². The normalized spacial score (nSPS) is 13.6.